The summed E-state index contributed by atoms with van der Waals surface area (Å²) in [6, 6.07) is 10.9. The van der Waals surface area contributed by atoms with Gasteiger partial charge < -0.3 is 5.01 Å². The lowest BCUT2D eigenvalue weighted by atomic mass is 10.1. The minimum atomic E-state index is 0.422. The molecule has 0 saturated heterocycles. The fourth-order valence-electron chi connectivity index (χ4n) is 2.17. The predicted octanol–water partition coefficient (Wildman–Crippen LogP) is 4.51. The smallest absolute Gasteiger partial charge is 0.0520 e. The number of hydrazine groups is 1. The van der Waals surface area contributed by atoms with Crippen LogP contribution in [0.15, 0.2) is 54.0 Å². The highest BCUT2D eigenvalue weighted by Gasteiger charge is 2.13. The highest BCUT2D eigenvalue weighted by molar-refractivity contribution is 8.01. The van der Waals surface area contributed by atoms with Crippen molar-refractivity contribution in [3.05, 3.63) is 54.0 Å². The van der Waals surface area contributed by atoms with Gasteiger partial charge in [-0.3, -0.25) is 4.72 Å². The molecule has 0 fully saturated rings. The summed E-state index contributed by atoms with van der Waals surface area (Å²) in [5.74, 6) is 0. The molecule has 0 aliphatic carbocycles. The molecular formula is C18H29N3S. The largest absolute Gasteiger partial charge is 0.307 e. The van der Waals surface area contributed by atoms with E-state index in [4.69, 9.17) is 0 Å². The Labute approximate surface area is 140 Å². The Morgan fingerprint density at radius 3 is 2.68 bits per heavy atom. The first-order valence-corrected chi connectivity index (χ1v) is 8.74. The number of nitrogens with zero attached hydrogens (tertiary/aromatic N) is 1. The Morgan fingerprint density at radius 2 is 2.09 bits per heavy atom. The summed E-state index contributed by atoms with van der Waals surface area (Å²) < 4.78 is 3.59. The van der Waals surface area contributed by atoms with E-state index >= 15 is 0 Å². The summed E-state index contributed by atoms with van der Waals surface area (Å²) >= 11 is 1.69. The molecule has 4 heteroatoms. The summed E-state index contributed by atoms with van der Waals surface area (Å²) in [5, 5.41) is 2.19. The van der Waals surface area contributed by atoms with Crippen molar-refractivity contribution in [1.29, 1.82) is 0 Å². The quantitative estimate of drug-likeness (QED) is 0.356. The molecular weight excluding hydrogens is 290 g/mol. The predicted molar refractivity (Wildman–Crippen MR) is 101 cm³/mol. The first-order valence-electron chi connectivity index (χ1n) is 7.92. The van der Waals surface area contributed by atoms with Crippen molar-refractivity contribution >= 4 is 17.6 Å². The third-order valence-corrected chi connectivity index (χ3v) is 4.30. The Hall–Kier alpha value is -1.23. The number of hydrogen-bond donors (Lipinski definition) is 2. The van der Waals surface area contributed by atoms with Gasteiger partial charge in [-0.2, -0.15) is 0 Å². The van der Waals surface area contributed by atoms with Gasteiger partial charge in [0.15, 0.2) is 0 Å². The number of unbranched alkanes of at least 4 members (excludes halogenated alkanes) is 1. The molecule has 0 aromatic heterocycles. The van der Waals surface area contributed by atoms with Crippen molar-refractivity contribution in [3.8, 4) is 0 Å². The minimum absolute atomic E-state index is 0.422. The molecule has 122 valence electrons. The summed E-state index contributed by atoms with van der Waals surface area (Å²) in [5.41, 5.74) is 4.48. The van der Waals surface area contributed by atoms with Crippen molar-refractivity contribution in [2.24, 2.45) is 0 Å². The van der Waals surface area contributed by atoms with Gasteiger partial charge in [0.05, 0.1) is 12.2 Å². The van der Waals surface area contributed by atoms with Crippen LogP contribution in [0.3, 0.4) is 0 Å². The van der Waals surface area contributed by atoms with Crippen LogP contribution in [0, 0.1) is 0 Å². The van der Waals surface area contributed by atoms with Gasteiger partial charge >= 0.3 is 0 Å². The van der Waals surface area contributed by atoms with Gasteiger partial charge in [0.2, 0.25) is 0 Å². The molecule has 1 unspecified atom stereocenters. The van der Waals surface area contributed by atoms with Crippen LogP contribution in [0.2, 0.25) is 0 Å². The van der Waals surface area contributed by atoms with Crippen molar-refractivity contribution in [2.75, 3.05) is 18.6 Å². The molecule has 0 amide bonds. The molecule has 0 bridgehead atoms. The molecule has 3 nitrogen and oxygen atoms in total. The zero-order valence-electron chi connectivity index (χ0n) is 14.0. The molecule has 1 aromatic rings. The summed E-state index contributed by atoms with van der Waals surface area (Å²) in [7, 11) is 1.97. The highest BCUT2D eigenvalue weighted by atomic mass is 32.2. The normalized spacial score (nSPS) is 13.0. The Kier molecular flexibility index (Phi) is 9.71. The molecule has 1 atom stereocenters. The molecule has 1 rings (SSSR count). The number of hydrogen-bond acceptors (Lipinski definition) is 4. The second-order valence-electron chi connectivity index (χ2n) is 5.24. The van der Waals surface area contributed by atoms with Gasteiger partial charge in [-0.05, 0) is 42.3 Å². The number of nitrogens with one attached hydrogen (secondary N) is 2. The molecule has 0 aliphatic rings. The topological polar surface area (TPSA) is 27.3 Å². The second kappa shape index (κ2) is 11.4. The summed E-state index contributed by atoms with van der Waals surface area (Å²) in [6.07, 6.45) is 7.47. The van der Waals surface area contributed by atoms with Crippen molar-refractivity contribution in [3.63, 3.8) is 0 Å². The summed E-state index contributed by atoms with van der Waals surface area (Å²) in [4.78, 5) is 1.23. The fourth-order valence-corrected chi connectivity index (χ4v) is 2.88. The van der Waals surface area contributed by atoms with Crippen LogP contribution in [-0.4, -0.2) is 19.6 Å². The Morgan fingerprint density at radius 1 is 1.36 bits per heavy atom. The third-order valence-electron chi connectivity index (χ3n) is 3.39. The maximum atomic E-state index is 3.74. The van der Waals surface area contributed by atoms with Crippen LogP contribution in [0.25, 0.3) is 0 Å². The number of rotatable bonds is 11. The minimum Gasteiger partial charge on any atom is -0.307 e. The molecule has 0 aliphatic heterocycles. The first kappa shape index (κ1) is 18.8. The van der Waals surface area contributed by atoms with E-state index in [0.717, 1.165) is 13.0 Å². The van der Waals surface area contributed by atoms with Crippen LogP contribution in [0.5, 0.6) is 0 Å². The van der Waals surface area contributed by atoms with E-state index in [0.29, 0.717) is 6.04 Å². The lowest BCUT2D eigenvalue weighted by molar-refractivity contribution is 0.518. The average molecular weight is 320 g/mol. The third kappa shape index (κ3) is 7.16. The van der Waals surface area contributed by atoms with Gasteiger partial charge in [-0.15, -0.1) is 0 Å². The maximum Gasteiger partial charge on any atom is 0.0520 e. The van der Waals surface area contributed by atoms with Crippen LogP contribution in [0.1, 0.15) is 33.1 Å². The number of para-hydroxylation sites is 1. The standard InChI is InChI=1S/C18H29N3S/c1-5-7-12-17(20-22-16(3)11-6-2)15-21(19-4)18-13-9-8-10-14-18/h6,8-11,13-14,17,19-20H,2,5,7,12,15H2,1,3-4H3/b16-11+. The highest BCUT2D eigenvalue weighted by Crippen LogP contribution is 2.17. The molecule has 22 heavy (non-hydrogen) atoms. The SMILES string of the molecule is C=C/C=C(\C)SNC(CCCC)CN(NC)c1ccccc1. The van der Waals surface area contributed by atoms with E-state index in [2.05, 4.69) is 59.8 Å². The second-order valence-corrected chi connectivity index (χ2v) is 6.33. The molecule has 0 spiro atoms. The molecule has 0 heterocycles. The van der Waals surface area contributed by atoms with E-state index in [1.165, 1.54) is 23.4 Å². The van der Waals surface area contributed by atoms with Gasteiger partial charge in [-0.25, -0.2) is 5.43 Å². The van der Waals surface area contributed by atoms with Gasteiger partial charge in [0, 0.05) is 13.1 Å². The van der Waals surface area contributed by atoms with Gasteiger partial charge in [0.25, 0.3) is 0 Å². The van der Waals surface area contributed by atoms with E-state index in [1.807, 2.05) is 25.3 Å². The lowest BCUT2D eigenvalue weighted by Gasteiger charge is -2.29. The van der Waals surface area contributed by atoms with Crippen molar-refractivity contribution in [2.45, 2.75) is 39.2 Å². The first-order chi connectivity index (χ1) is 10.7. The zero-order valence-corrected chi connectivity index (χ0v) is 14.8. The molecule has 0 saturated carbocycles. The molecule has 2 N–H and O–H groups in total. The molecule has 1 aromatic carbocycles. The Bertz CT molecular complexity index is 445. The Balaban J connectivity index is 2.65. The van der Waals surface area contributed by atoms with Crippen LogP contribution in [-0.2, 0) is 0 Å². The monoisotopic (exact) mass is 319 g/mol. The summed E-state index contributed by atoms with van der Waals surface area (Å²) in [6.45, 7) is 9.01. The fraction of sp³-hybridized carbons (Fsp3) is 0.444. The number of allylic oxidation sites excluding steroid dienone is 3. The van der Waals surface area contributed by atoms with E-state index in [-0.39, 0.29) is 0 Å². The lowest BCUT2D eigenvalue weighted by Crippen LogP contribution is -2.44. The van der Waals surface area contributed by atoms with Crippen LogP contribution < -0.4 is 15.2 Å². The zero-order chi connectivity index (χ0) is 16.2. The van der Waals surface area contributed by atoms with Gasteiger partial charge in [0.1, 0.15) is 0 Å². The van der Waals surface area contributed by atoms with Crippen molar-refractivity contribution < 1.29 is 0 Å². The van der Waals surface area contributed by atoms with Crippen LogP contribution >= 0.6 is 11.9 Å². The molecule has 0 radical (unpaired) electrons. The maximum absolute atomic E-state index is 3.74. The van der Waals surface area contributed by atoms with Gasteiger partial charge in [-0.1, -0.05) is 56.7 Å². The van der Waals surface area contributed by atoms with Crippen molar-refractivity contribution in [1.82, 2.24) is 10.1 Å². The van der Waals surface area contributed by atoms with E-state index in [9.17, 15) is 0 Å². The van der Waals surface area contributed by atoms with E-state index < -0.39 is 0 Å². The number of benzene rings is 1. The number of anilines is 1. The van der Waals surface area contributed by atoms with E-state index in [1.54, 1.807) is 11.9 Å². The van der Waals surface area contributed by atoms with Crippen LogP contribution in [0.4, 0.5) is 5.69 Å². The average Bonchev–Trinajstić information content (AvgIpc) is 2.55.